The van der Waals surface area contributed by atoms with Crippen molar-refractivity contribution in [2.75, 3.05) is 19.8 Å². The average molecular weight is 919 g/mol. The largest absolute Gasteiger partial charge is 3.00 e. The van der Waals surface area contributed by atoms with Crippen LogP contribution in [0.4, 0.5) is 0 Å². The molecule has 0 aromatic carbocycles. The van der Waals surface area contributed by atoms with Crippen molar-refractivity contribution in [2.24, 2.45) is 4.99 Å². The molecular formula is C22H34Cr2N14O4S8-2. The van der Waals surface area contributed by atoms with E-state index in [9.17, 15) is 9.59 Å². The van der Waals surface area contributed by atoms with Crippen molar-refractivity contribution in [1.29, 1.82) is 0 Å². The van der Waals surface area contributed by atoms with Gasteiger partial charge in [0.05, 0.1) is 37.1 Å². The second-order valence-corrected chi connectivity index (χ2v) is 5.10. The second-order valence-electron chi connectivity index (χ2n) is 3.64. The predicted octanol–water partition coefficient (Wildman–Crippen LogP) is 8.33. The van der Waals surface area contributed by atoms with Crippen LogP contribution >= 0.6 is 97.7 Å². The van der Waals surface area contributed by atoms with E-state index < -0.39 is 11.9 Å². The number of nitrogens with zero attached hydrogens (tertiary/aromatic N) is 10. The van der Waals surface area contributed by atoms with Crippen LogP contribution in [-0.4, -0.2) is 78.9 Å². The minimum atomic E-state index is -0.644. The van der Waals surface area contributed by atoms with Crippen molar-refractivity contribution >= 4 is 157 Å². The summed E-state index contributed by atoms with van der Waals surface area (Å²) in [6.07, 6.45) is 0. The van der Waals surface area contributed by atoms with Gasteiger partial charge in [-0.2, -0.15) is 36.1 Å². The van der Waals surface area contributed by atoms with Crippen LogP contribution in [0.1, 0.15) is 28.7 Å². The molecule has 0 fully saturated rings. The van der Waals surface area contributed by atoms with Gasteiger partial charge in [0.15, 0.2) is 0 Å². The van der Waals surface area contributed by atoms with Crippen molar-refractivity contribution in [3.8, 4) is 0 Å². The van der Waals surface area contributed by atoms with E-state index in [0.717, 1.165) is 0 Å². The molecule has 0 heterocycles. The molecule has 0 aromatic rings. The summed E-state index contributed by atoms with van der Waals surface area (Å²) in [7, 11) is 0. The number of ether oxygens (including phenoxy) is 2. The van der Waals surface area contributed by atoms with Crippen molar-refractivity contribution in [2.45, 2.75) is 28.7 Å². The fourth-order valence-corrected chi connectivity index (χ4v) is 0.800. The monoisotopic (exact) mass is 918 g/mol. The molecule has 28 heteroatoms. The summed E-state index contributed by atoms with van der Waals surface area (Å²) in [6.45, 7) is 13.3. The minimum absolute atomic E-state index is 0. The molecule has 0 saturated heterocycles. The first-order chi connectivity index (χ1) is 19.9. The Morgan fingerprint density at radius 1 is 0.640 bits per heavy atom. The van der Waals surface area contributed by atoms with Gasteiger partial charge in [0.2, 0.25) is 0 Å². The molecule has 18 nitrogen and oxygen atoms in total. The Morgan fingerprint density at radius 2 is 0.860 bits per heavy atom. The smallest absolute Gasteiger partial charge is 0.763 e. The number of isothiocyanates is 8. The summed E-state index contributed by atoms with van der Waals surface area (Å²) in [5.41, 5.74) is -0.231. The first-order valence-electron chi connectivity index (χ1n) is 8.67. The molecule has 0 amide bonds. The maximum Gasteiger partial charge on any atom is 3.00 e. The van der Waals surface area contributed by atoms with Gasteiger partial charge in [-0.05, 0) is 26.1 Å². The van der Waals surface area contributed by atoms with E-state index in [1.54, 1.807) is 19.7 Å². The number of carbonyl (C=O) groups excluding carboxylic acids is 2. The molecule has 0 rings (SSSR count). The fraction of sp³-hybridized carbons (Fsp3) is 0.318. The van der Waals surface area contributed by atoms with Gasteiger partial charge in [0.25, 0.3) is 5.70 Å². The first kappa shape index (κ1) is 111. The Balaban J connectivity index is -0.0000000172. The third-order valence-corrected chi connectivity index (χ3v) is 1.73. The van der Waals surface area contributed by atoms with Gasteiger partial charge in [-0.15, -0.1) is 0 Å². The van der Waals surface area contributed by atoms with E-state index in [4.69, 9.17) is 49.8 Å². The zero-order valence-electron chi connectivity index (χ0n) is 24.8. The number of hydrogen-bond donors (Lipinski definition) is 4. The maximum absolute atomic E-state index is 10.9. The molecule has 0 aliphatic heterocycles. The molecule has 50 heavy (non-hydrogen) atoms. The summed E-state index contributed by atoms with van der Waals surface area (Å²) >= 11 is 30.2. The Kier molecular flexibility index (Phi) is 330. The van der Waals surface area contributed by atoms with Crippen LogP contribution in [0.25, 0.3) is 48.1 Å². The van der Waals surface area contributed by atoms with Crippen LogP contribution in [0.2, 0.25) is 0 Å². The SMILES string of the molecule is C.C.CCOC(=O)C(=C=[N-])CN=C=S.N.N.N.N.[C-]#[N+]C(=C)C(=O)OCC.[Cr+3].[Cr+3].[N-]=C=S.[N-]=C=S.[N-]=C=S.[N-]=C=S.[N-]=C=S.[N-]=C=S.[N-]=C=S. The molecule has 0 aliphatic carbocycles. The fourth-order valence-electron chi connectivity index (χ4n) is 0.735. The Labute approximate surface area is 358 Å². The molecule has 0 saturated carbocycles. The van der Waals surface area contributed by atoms with E-state index in [-0.39, 0.29) is 105 Å². The second kappa shape index (κ2) is 149. The third kappa shape index (κ3) is 242. The van der Waals surface area contributed by atoms with Gasteiger partial charge in [-0.1, -0.05) is 107 Å². The van der Waals surface area contributed by atoms with E-state index in [1.807, 2.05) is 0 Å². The number of rotatable bonds is 6. The zero-order chi connectivity index (χ0) is 35.6. The predicted molar refractivity (Wildman–Crippen MR) is 226 cm³/mol. The number of aliphatic imine (C=N–C) groups is 1. The van der Waals surface area contributed by atoms with E-state index in [2.05, 4.69) is 129 Å². The number of carbonyl (C=O) groups is 2. The molecule has 0 aromatic heterocycles. The molecule has 0 bridgehead atoms. The zero-order valence-corrected chi connectivity index (χ0v) is 33.9. The van der Waals surface area contributed by atoms with E-state index >= 15 is 0 Å². The van der Waals surface area contributed by atoms with Gasteiger partial charge in [-0.25, -0.2) is 14.6 Å². The minimum Gasteiger partial charge on any atom is -0.763 e. The van der Waals surface area contributed by atoms with Crippen LogP contribution in [0.5, 0.6) is 0 Å². The topological polar surface area (TPSA) is 388 Å². The van der Waals surface area contributed by atoms with Gasteiger partial charge < -0.3 is 77.4 Å². The van der Waals surface area contributed by atoms with Gasteiger partial charge in [0, 0.05) is 0 Å². The molecule has 0 atom stereocenters. The number of esters is 2. The summed E-state index contributed by atoms with van der Waals surface area (Å²) in [5.74, 6) is 0.407. The third-order valence-electron chi connectivity index (χ3n) is 1.60. The van der Waals surface area contributed by atoms with Crippen molar-refractivity contribution in [1.82, 2.24) is 24.6 Å². The maximum atomic E-state index is 10.9. The quantitative estimate of drug-likeness (QED) is 0.0639. The normalized spacial score (nSPS) is 4.34. The van der Waals surface area contributed by atoms with E-state index in [1.165, 1.54) is 36.1 Å². The molecular weight excluding hydrogens is 885 g/mol. The average Bonchev–Trinajstić information content (AvgIpc) is 2.92. The molecule has 0 aliphatic rings. The molecule has 0 unspecified atom stereocenters. The van der Waals surface area contributed by atoms with Gasteiger partial charge in [-0.3, -0.25) is 10.7 Å². The van der Waals surface area contributed by atoms with Gasteiger partial charge in [0.1, 0.15) is 0 Å². The van der Waals surface area contributed by atoms with Crippen molar-refractivity contribution in [3.63, 3.8) is 0 Å². The van der Waals surface area contributed by atoms with Crippen molar-refractivity contribution < 1.29 is 53.8 Å². The Hall–Kier alpha value is -3.08. The first-order valence-corrected chi connectivity index (χ1v) is 11.9. The van der Waals surface area contributed by atoms with Crippen LogP contribution in [0, 0.1) is 6.57 Å². The summed E-state index contributed by atoms with van der Waals surface area (Å²) in [6, 6.07) is 0. The standard InChI is InChI=1S/C7H7N2O2S.C6H7NO2.7CNS.2CH4.2Cr.4H3N/c1-2-11-7(10)6(3-8)4-9-5-12;1-4-9-6(8)5(2)7-3;7*2-1-3;;;;;;;;/h2,4H2,1H3;2,4H2,1H3;;;;;;;;2*1H4;;;4*1H3/q-1;;7*-1;;;2*+3;;;;. The molecule has 12 N–H and O–H groups in total. The van der Waals surface area contributed by atoms with E-state index in [0.29, 0.717) is 0 Å². The Bertz CT molecular complexity index is 1030. The van der Waals surface area contributed by atoms with Crippen LogP contribution in [0.3, 0.4) is 0 Å². The van der Waals surface area contributed by atoms with Crippen LogP contribution in [-0.2, 0) is 53.8 Å². The summed E-state index contributed by atoms with van der Waals surface area (Å²) in [4.78, 5) is 27.6. The van der Waals surface area contributed by atoms with Crippen molar-refractivity contribution in [3.05, 3.63) is 72.5 Å². The number of thiocarbonyl (C=S) groups is 8. The molecule has 2 radical (unpaired) electrons. The number of hydrogen-bond acceptors (Lipinski definition) is 17. The Morgan fingerprint density at radius 3 is 1.02 bits per heavy atom. The summed E-state index contributed by atoms with van der Waals surface area (Å²) < 4.78 is 9.01. The molecule has 0 spiro atoms. The van der Waals surface area contributed by atoms with Gasteiger partial charge >= 0.3 is 46.7 Å². The van der Waals surface area contributed by atoms with Crippen LogP contribution in [0.15, 0.2) is 22.8 Å². The van der Waals surface area contributed by atoms with Crippen LogP contribution < -0.4 is 24.6 Å². The summed E-state index contributed by atoms with van der Waals surface area (Å²) in [5, 5.41) is 69.8. The molecule has 278 valence electrons.